The second-order valence-corrected chi connectivity index (χ2v) is 4.14. The van der Waals surface area contributed by atoms with E-state index in [0.29, 0.717) is 0 Å². The summed E-state index contributed by atoms with van der Waals surface area (Å²) >= 11 is 0. The van der Waals surface area contributed by atoms with Crippen LogP contribution in [0.15, 0.2) is 0 Å². The van der Waals surface area contributed by atoms with Crippen molar-refractivity contribution in [3.05, 3.63) is 0 Å². The van der Waals surface area contributed by atoms with E-state index in [4.69, 9.17) is 5.11 Å². The van der Waals surface area contributed by atoms with Gasteiger partial charge in [0.1, 0.15) is 0 Å². The molecule has 1 atom stereocenters. The molecule has 0 aromatic heterocycles. The van der Waals surface area contributed by atoms with E-state index < -0.39 is 22.7 Å². The molecule has 1 N–H and O–H groups in total. The van der Waals surface area contributed by atoms with E-state index in [1.165, 1.54) is 20.8 Å². The molecular weight excluding hydrogens is 166 g/mol. The Balaban J connectivity index is 2.93. The first-order valence-electron chi connectivity index (χ1n) is 3.76. The maximum absolute atomic E-state index is 12.8. The molecule has 12 heavy (non-hydrogen) atoms. The number of hydrogen-bond donors (Lipinski definition) is 1. The van der Waals surface area contributed by atoms with Gasteiger partial charge in [0.15, 0.2) is 0 Å². The van der Waals surface area contributed by atoms with E-state index in [1.807, 2.05) is 0 Å². The van der Waals surface area contributed by atoms with Crippen LogP contribution in [0.25, 0.3) is 0 Å². The zero-order valence-electron chi connectivity index (χ0n) is 7.32. The van der Waals surface area contributed by atoms with Gasteiger partial charge in [0.25, 0.3) is 5.92 Å². The molecule has 0 aromatic carbocycles. The largest absolute Gasteiger partial charge is 0.481 e. The van der Waals surface area contributed by atoms with Gasteiger partial charge < -0.3 is 5.11 Å². The van der Waals surface area contributed by atoms with Gasteiger partial charge >= 0.3 is 5.97 Å². The predicted molar refractivity (Wildman–Crippen MR) is 39.1 cm³/mol. The van der Waals surface area contributed by atoms with Crippen LogP contribution in [-0.2, 0) is 4.79 Å². The molecule has 0 radical (unpaired) electrons. The number of carboxylic acid groups (broad SMARTS) is 1. The van der Waals surface area contributed by atoms with Crippen molar-refractivity contribution in [2.24, 2.45) is 10.8 Å². The Kier molecular flexibility index (Phi) is 1.55. The summed E-state index contributed by atoms with van der Waals surface area (Å²) in [6.45, 7) is 4.01. The van der Waals surface area contributed by atoms with Gasteiger partial charge in [-0.15, -0.1) is 0 Å². The number of halogens is 2. The first-order chi connectivity index (χ1) is 5.15. The van der Waals surface area contributed by atoms with Crippen molar-refractivity contribution in [3.8, 4) is 0 Å². The molecule has 1 aliphatic rings. The number of carboxylic acids is 1. The highest BCUT2D eigenvalue weighted by Crippen LogP contribution is 2.68. The summed E-state index contributed by atoms with van der Waals surface area (Å²) in [5, 5.41) is 8.72. The third-order valence-electron chi connectivity index (χ3n) is 3.17. The van der Waals surface area contributed by atoms with Crippen molar-refractivity contribution in [1.29, 1.82) is 0 Å². The van der Waals surface area contributed by atoms with E-state index in [2.05, 4.69) is 0 Å². The van der Waals surface area contributed by atoms with Crippen LogP contribution >= 0.6 is 0 Å². The molecule has 4 heteroatoms. The fourth-order valence-corrected chi connectivity index (χ4v) is 1.31. The standard InChI is InChI=1S/C8H12F2O2/c1-6(2,5(11)12)7(3)4-8(7,9)10/h4H2,1-3H3,(H,11,12). The maximum atomic E-state index is 12.8. The molecule has 0 bridgehead atoms. The highest BCUT2D eigenvalue weighted by atomic mass is 19.3. The normalized spacial score (nSPS) is 33.1. The minimum atomic E-state index is -2.81. The van der Waals surface area contributed by atoms with E-state index >= 15 is 0 Å². The van der Waals surface area contributed by atoms with Crippen LogP contribution < -0.4 is 0 Å². The second-order valence-electron chi connectivity index (χ2n) is 4.14. The van der Waals surface area contributed by atoms with Crippen LogP contribution in [0.5, 0.6) is 0 Å². The molecule has 1 rings (SSSR count). The third kappa shape index (κ3) is 0.867. The van der Waals surface area contributed by atoms with Crippen LogP contribution in [0.4, 0.5) is 8.78 Å². The Labute approximate surface area is 69.6 Å². The van der Waals surface area contributed by atoms with Gasteiger partial charge in [-0.05, 0) is 13.8 Å². The predicted octanol–water partition coefficient (Wildman–Crippen LogP) is 2.14. The Morgan fingerprint density at radius 1 is 1.50 bits per heavy atom. The molecule has 1 saturated carbocycles. The summed E-state index contributed by atoms with van der Waals surface area (Å²) in [6, 6.07) is 0. The van der Waals surface area contributed by atoms with Crippen LogP contribution in [0.1, 0.15) is 27.2 Å². The number of rotatable bonds is 2. The molecule has 70 valence electrons. The quantitative estimate of drug-likeness (QED) is 0.703. The molecule has 0 heterocycles. The van der Waals surface area contributed by atoms with Crippen molar-refractivity contribution in [2.45, 2.75) is 33.1 Å². The van der Waals surface area contributed by atoms with Crippen LogP contribution in [0, 0.1) is 10.8 Å². The average molecular weight is 178 g/mol. The lowest BCUT2D eigenvalue weighted by atomic mass is 9.76. The van der Waals surface area contributed by atoms with E-state index in [0.717, 1.165) is 0 Å². The minimum Gasteiger partial charge on any atom is -0.481 e. The minimum absolute atomic E-state index is 0.320. The molecular formula is C8H12F2O2. The van der Waals surface area contributed by atoms with Crippen molar-refractivity contribution >= 4 is 5.97 Å². The summed E-state index contributed by atoms with van der Waals surface area (Å²) in [5.74, 6) is -3.98. The second kappa shape index (κ2) is 1.98. The molecule has 1 fully saturated rings. The summed E-state index contributed by atoms with van der Waals surface area (Å²) in [6.07, 6.45) is -0.320. The van der Waals surface area contributed by atoms with Crippen LogP contribution in [0.2, 0.25) is 0 Å². The van der Waals surface area contributed by atoms with Crippen LogP contribution in [-0.4, -0.2) is 17.0 Å². The van der Waals surface area contributed by atoms with Gasteiger partial charge in [-0.25, -0.2) is 8.78 Å². The molecule has 0 spiro atoms. The number of carbonyl (C=O) groups is 1. The van der Waals surface area contributed by atoms with Crippen molar-refractivity contribution in [1.82, 2.24) is 0 Å². The fourth-order valence-electron chi connectivity index (χ4n) is 1.31. The lowest BCUT2D eigenvalue weighted by Crippen LogP contribution is -2.36. The lowest BCUT2D eigenvalue weighted by molar-refractivity contribution is -0.153. The smallest absolute Gasteiger partial charge is 0.309 e. The maximum Gasteiger partial charge on any atom is 0.309 e. The molecule has 0 aromatic rings. The Morgan fingerprint density at radius 3 is 1.92 bits per heavy atom. The summed E-state index contributed by atoms with van der Waals surface area (Å²) < 4.78 is 25.5. The topological polar surface area (TPSA) is 37.3 Å². The van der Waals surface area contributed by atoms with Gasteiger partial charge in [0, 0.05) is 6.42 Å². The summed E-state index contributed by atoms with van der Waals surface area (Å²) in [5.41, 5.74) is -2.72. The average Bonchev–Trinajstić information content (AvgIpc) is 2.33. The molecule has 0 aliphatic heterocycles. The van der Waals surface area contributed by atoms with Crippen LogP contribution in [0.3, 0.4) is 0 Å². The SMILES string of the molecule is CC(C)(C(=O)O)C1(C)CC1(F)F. The summed E-state index contributed by atoms with van der Waals surface area (Å²) in [7, 11) is 0. The monoisotopic (exact) mass is 178 g/mol. The van der Waals surface area contributed by atoms with Gasteiger partial charge in [0.2, 0.25) is 0 Å². The lowest BCUT2D eigenvalue weighted by Gasteiger charge is -2.27. The zero-order chi connectivity index (χ0) is 9.78. The first kappa shape index (κ1) is 9.42. The van der Waals surface area contributed by atoms with Gasteiger partial charge in [-0.2, -0.15) is 0 Å². The van der Waals surface area contributed by atoms with Gasteiger partial charge in [-0.1, -0.05) is 6.92 Å². The van der Waals surface area contributed by atoms with E-state index in [9.17, 15) is 13.6 Å². The van der Waals surface area contributed by atoms with Gasteiger partial charge in [0.05, 0.1) is 10.8 Å². The number of alkyl halides is 2. The molecule has 2 nitrogen and oxygen atoms in total. The number of aliphatic carboxylic acids is 1. The Bertz CT molecular complexity index is 235. The number of hydrogen-bond acceptors (Lipinski definition) is 1. The highest BCUT2D eigenvalue weighted by Gasteiger charge is 2.76. The molecule has 1 aliphatic carbocycles. The Morgan fingerprint density at radius 2 is 1.83 bits per heavy atom. The first-order valence-corrected chi connectivity index (χ1v) is 3.76. The molecule has 0 saturated heterocycles. The van der Waals surface area contributed by atoms with Crippen molar-refractivity contribution < 1.29 is 18.7 Å². The van der Waals surface area contributed by atoms with E-state index in [1.54, 1.807) is 0 Å². The van der Waals surface area contributed by atoms with Crippen molar-refractivity contribution in [2.75, 3.05) is 0 Å². The highest BCUT2D eigenvalue weighted by molar-refractivity contribution is 5.76. The van der Waals surface area contributed by atoms with Gasteiger partial charge in [-0.3, -0.25) is 4.79 Å². The third-order valence-corrected chi connectivity index (χ3v) is 3.17. The fraction of sp³-hybridized carbons (Fsp3) is 0.875. The zero-order valence-corrected chi connectivity index (χ0v) is 7.32. The molecule has 1 unspecified atom stereocenters. The van der Waals surface area contributed by atoms with E-state index in [-0.39, 0.29) is 6.42 Å². The molecule has 0 amide bonds. The Hall–Kier alpha value is -0.670. The summed E-state index contributed by atoms with van der Waals surface area (Å²) in [4.78, 5) is 10.7. The van der Waals surface area contributed by atoms with Crippen molar-refractivity contribution in [3.63, 3.8) is 0 Å².